The Morgan fingerprint density at radius 3 is 2.26 bits per heavy atom. The second-order valence-electron chi connectivity index (χ2n) is 7.38. The Morgan fingerprint density at radius 2 is 1.67 bits per heavy atom. The van der Waals surface area contributed by atoms with Gasteiger partial charge in [-0.1, -0.05) is 19.3 Å². The molecule has 2 heterocycles. The number of hydrogen-bond donors (Lipinski definition) is 3. The van der Waals surface area contributed by atoms with Gasteiger partial charge in [-0.05, 0) is 32.6 Å². The molecule has 27 heavy (non-hydrogen) atoms. The molecule has 1 aromatic heterocycles. The van der Waals surface area contributed by atoms with Crippen molar-refractivity contribution in [3.8, 4) is 0 Å². The fourth-order valence-corrected chi connectivity index (χ4v) is 5.63. The molecule has 9 nitrogen and oxygen atoms in total. The average molecular weight is 398 g/mol. The molecule has 1 saturated heterocycles. The first-order chi connectivity index (χ1) is 12.8. The zero-order chi connectivity index (χ0) is 19.6. The molecular weight excluding hydrogens is 372 g/mol. The number of H-pyrrole nitrogens is 2. The monoisotopic (exact) mass is 398 g/mol. The number of carbonyl (C=O) groups is 1. The van der Waals surface area contributed by atoms with E-state index >= 15 is 0 Å². The first-order valence-electron chi connectivity index (χ1n) is 9.43. The standard InChI is InChI=1S/C17H26N4O5S/c1-11-14(16(23)20-17(24)18-11)27(25,26)21-9-7-12(8-10-21)15(22)19-13-5-3-2-4-6-13/h12-13H,2-10H2,1H3,(H,19,22)(H2,18,20,23,24). The number of aryl methyl sites for hydroxylation is 1. The molecule has 10 heteroatoms. The highest BCUT2D eigenvalue weighted by Crippen LogP contribution is 2.24. The first-order valence-corrected chi connectivity index (χ1v) is 10.9. The summed E-state index contributed by atoms with van der Waals surface area (Å²) in [6, 6.07) is 0.232. The number of amides is 1. The van der Waals surface area contributed by atoms with Crippen molar-refractivity contribution in [1.82, 2.24) is 19.6 Å². The molecule has 150 valence electrons. The first kappa shape index (κ1) is 19.8. The molecule has 0 bridgehead atoms. The Morgan fingerprint density at radius 1 is 1.04 bits per heavy atom. The summed E-state index contributed by atoms with van der Waals surface area (Å²) in [5.74, 6) is -0.217. The van der Waals surface area contributed by atoms with E-state index in [-0.39, 0.29) is 36.7 Å². The summed E-state index contributed by atoms with van der Waals surface area (Å²) in [5.41, 5.74) is -1.65. The molecule has 0 aromatic carbocycles. The van der Waals surface area contributed by atoms with E-state index in [4.69, 9.17) is 0 Å². The largest absolute Gasteiger partial charge is 0.353 e. The Kier molecular flexibility index (Phi) is 5.85. The lowest BCUT2D eigenvalue weighted by atomic mass is 9.93. The average Bonchev–Trinajstić information content (AvgIpc) is 2.61. The van der Waals surface area contributed by atoms with Crippen molar-refractivity contribution in [2.24, 2.45) is 5.92 Å². The fraction of sp³-hybridized carbons (Fsp3) is 0.706. The smallest absolute Gasteiger partial charge is 0.325 e. The van der Waals surface area contributed by atoms with Gasteiger partial charge in [-0.3, -0.25) is 14.6 Å². The topological polar surface area (TPSA) is 132 Å². The van der Waals surface area contributed by atoms with Crippen LogP contribution in [0, 0.1) is 12.8 Å². The van der Waals surface area contributed by atoms with Gasteiger partial charge < -0.3 is 10.3 Å². The van der Waals surface area contributed by atoms with E-state index in [1.54, 1.807) is 0 Å². The highest BCUT2D eigenvalue weighted by molar-refractivity contribution is 7.89. The van der Waals surface area contributed by atoms with E-state index in [1.807, 2.05) is 4.98 Å². The molecule has 3 N–H and O–H groups in total. The lowest BCUT2D eigenvalue weighted by Crippen LogP contribution is -2.46. The quantitative estimate of drug-likeness (QED) is 0.667. The summed E-state index contributed by atoms with van der Waals surface area (Å²) in [7, 11) is -4.03. The lowest BCUT2D eigenvalue weighted by molar-refractivity contribution is -0.127. The minimum Gasteiger partial charge on any atom is -0.353 e. The van der Waals surface area contributed by atoms with Crippen molar-refractivity contribution >= 4 is 15.9 Å². The highest BCUT2D eigenvalue weighted by Gasteiger charge is 2.35. The zero-order valence-corrected chi connectivity index (χ0v) is 16.2. The minimum absolute atomic E-state index is 0.00276. The van der Waals surface area contributed by atoms with Gasteiger partial charge in [0.1, 0.15) is 0 Å². The number of nitrogens with zero attached hydrogens (tertiary/aromatic N) is 1. The number of piperidine rings is 1. The molecule has 0 spiro atoms. The summed E-state index contributed by atoms with van der Waals surface area (Å²) >= 11 is 0. The van der Waals surface area contributed by atoms with E-state index in [0.717, 1.165) is 25.7 Å². The summed E-state index contributed by atoms with van der Waals surface area (Å²) < 4.78 is 26.8. The van der Waals surface area contributed by atoms with Gasteiger partial charge in [0.2, 0.25) is 15.9 Å². The third-order valence-electron chi connectivity index (χ3n) is 5.45. The van der Waals surface area contributed by atoms with Gasteiger partial charge >= 0.3 is 5.69 Å². The zero-order valence-electron chi connectivity index (χ0n) is 15.4. The number of aromatic amines is 2. The maximum Gasteiger partial charge on any atom is 0.325 e. The van der Waals surface area contributed by atoms with Crippen LogP contribution in [0.3, 0.4) is 0 Å². The molecule has 1 aliphatic heterocycles. The molecule has 0 unspecified atom stereocenters. The number of carbonyl (C=O) groups excluding carboxylic acids is 1. The van der Waals surface area contributed by atoms with Crippen molar-refractivity contribution in [2.75, 3.05) is 13.1 Å². The van der Waals surface area contributed by atoms with Crippen molar-refractivity contribution in [3.63, 3.8) is 0 Å². The van der Waals surface area contributed by atoms with Gasteiger partial charge in [-0.2, -0.15) is 4.31 Å². The second kappa shape index (κ2) is 7.97. The Hall–Kier alpha value is -1.94. The van der Waals surface area contributed by atoms with Crippen LogP contribution in [0.4, 0.5) is 0 Å². The van der Waals surface area contributed by atoms with E-state index in [0.29, 0.717) is 12.8 Å². The molecular formula is C17H26N4O5S. The van der Waals surface area contributed by atoms with Crippen LogP contribution in [0.1, 0.15) is 50.6 Å². The van der Waals surface area contributed by atoms with Crippen LogP contribution in [0.15, 0.2) is 14.5 Å². The molecule has 0 atom stereocenters. The molecule has 2 aliphatic rings. The van der Waals surface area contributed by atoms with Crippen LogP contribution in [0.25, 0.3) is 0 Å². The van der Waals surface area contributed by atoms with Crippen molar-refractivity contribution in [3.05, 3.63) is 26.5 Å². The van der Waals surface area contributed by atoms with Crippen LogP contribution in [-0.2, 0) is 14.8 Å². The summed E-state index contributed by atoms with van der Waals surface area (Å²) in [6.45, 7) is 1.72. The van der Waals surface area contributed by atoms with Crippen molar-refractivity contribution < 1.29 is 13.2 Å². The molecule has 2 fully saturated rings. The number of sulfonamides is 1. The van der Waals surface area contributed by atoms with Crippen LogP contribution >= 0.6 is 0 Å². The maximum absolute atomic E-state index is 12.8. The number of rotatable bonds is 4. The predicted molar refractivity (Wildman–Crippen MR) is 98.9 cm³/mol. The third-order valence-corrected chi connectivity index (χ3v) is 7.50. The molecule has 3 rings (SSSR count). The summed E-state index contributed by atoms with van der Waals surface area (Å²) in [6.07, 6.45) is 6.33. The van der Waals surface area contributed by atoms with E-state index in [1.165, 1.54) is 17.6 Å². The van der Waals surface area contributed by atoms with Gasteiger partial charge in [-0.25, -0.2) is 13.2 Å². The van der Waals surface area contributed by atoms with E-state index in [9.17, 15) is 22.8 Å². The molecule has 1 saturated carbocycles. The highest BCUT2D eigenvalue weighted by atomic mass is 32.2. The maximum atomic E-state index is 12.8. The number of aromatic nitrogens is 2. The predicted octanol–water partition coefficient (Wildman–Crippen LogP) is 0.221. The van der Waals surface area contributed by atoms with Crippen LogP contribution < -0.4 is 16.6 Å². The van der Waals surface area contributed by atoms with Gasteiger partial charge in [0.05, 0.1) is 0 Å². The van der Waals surface area contributed by atoms with Crippen molar-refractivity contribution in [1.29, 1.82) is 0 Å². The van der Waals surface area contributed by atoms with Gasteiger partial charge in [0.25, 0.3) is 5.56 Å². The van der Waals surface area contributed by atoms with Gasteiger partial charge in [0, 0.05) is 30.7 Å². The summed E-state index contributed by atoms with van der Waals surface area (Å²) in [4.78, 5) is 39.6. The van der Waals surface area contributed by atoms with Crippen LogP contribution in [-0.4, -0.2) is 47.7 Å². The molecule has 1 amide bonds. The van der Waals surface area contributed by atoms with E-state index in [2.05, 4.69) is 10.3 Å². The van der Waals surface area contributed by atoms with Crippen LogP contribution in [0.5, 0.6) is 0 Å². The fourth-order valence-electron chi connectivity index (χ4n) is 3.95. The van der Waals surface area contributed by atoms with Crippen LogP contribution in [0.2, 0.25) is 0 Å². The second-order valence-corrected chi connectivity index (χ2v) is 9.26. The Balaban J connectivity index is 1.65. The normalized spacial score (nSPS) is 20.5. The Bertz CT molecular complexity index is 906. The minimum atomic E-state index is -4.03. The summed E-state index contributed by atoms with van der Waals surface area (Å²) in [5, 5.41) is 3.10. The van der Waals surface area contributed by atoms with Gasteiger partial charge in [-0.15, -0.1) is 0 Å². The number of nitrogens with one attached hydrogen (secondary N) is 3. The van der Waals surface area contributed by atoms with Gasteiger partial charge in [0.15, 0.2) is 4.90 Å². The molecule has 1 aromatic rings. The van der Waals surface area contributed by atoms with E-state index < -0.39 is 26.2 Å². The number of hydrogen-bond acceptors (Lipinski definition) is 5. The molecule has 1 aliphatic carbocycles. The lowest BCUT2D eigenvalue weighted by Gasteiger charge is -2.32. The molecule has 0 radical (unpaired) electrons. The SMILES string of the molecule is Cc1[nH]c(=O)[nH]c(=O)c1S(=O)(=O)N1CCC(C(=O)NC2CCCCC2)CC1. The Labute approximate surface area is 157 Å². The third kappa shape index (κ3) is 4.32. The van der Waals surface area contributed by atoms with Crippen molar-refractivity contribution in [2.45, 2.75) is 62.8 Å².